The lowest BCUT2D eigenvalue weighted by atomic mass is 10.3. The van der Waals surface area contributed by atoms with Crippen LogP contribution < -0.4 is 10.2 Å². The molecule has 0 spiro atoms. The summed E-state index contributed by atoms with van der Waals surface area (Å²) >= 11 is 0. The summed E-state index contributed by atoms with van der Waals surface area (Å²) in [7, 11) is 0. The van der Waals surface area contributed by atoms with Crippen molar-refractivity contribution in [2.45, 2.75) is 51.9 Å². The Balaban J connectivity index is 1.81. The van der Waals surface area contributed by atoms with Crippen molar-refractivity contribution in [2.24, 2.45) is 4.99 Å². The van der Waals surface area contributed by atoms with Gasteiger partial charge in [0.1, 0.15) is 18.2 Å². The lowest BCUT2D eigenvalue weighted by Gasteiger charge is -2.26. The van der Waals surface area contributed by atoms with Crippen molar-refractivity contribution in [3.05, 3.63) is 11.5 Å². The summed E-state index contributed by atoms with van der Waals surface area (Å²) in [5, 5.41) is 3.47. The quantitative estimate of drug-likeness (QED) is 0.785. The number of aromatic nitrogens is 2. The van der Waals surface area contributed by atoms with Crippen LogP contribution in [0.25, 0.3) is 0 Å². The van der Waals surface area contributed by atoms with Crippen LogP contribution in [0.15, 0.2) is 4.99 Å². The molecule has 1 saturated carbocycles. The molecule has 2 heterocycles. The Bertz CT molecular complexity index is 486. The van der Waals surface area contributed by atoms with Gasteiger partial charge in [-0.15, -0.1) is 0 Å². The van der Waals surface area contributed by atoms with E-state index in [9.17, 15) is 0 Å². The number of unbranched alkanes of at least 4 members (excludes halogenated alkanes) is 1. The van der Waals surface area contributed by atoms with E-state index in [2.05, 4.69) is 29.0 Å². The fourth-order valence-corrected chi connectivity index (χ4v) is 2.60. The molecule has 2 aliphatic rings. The third-order valence-electron chi connectivity index (χ3n) is 3.92. The van der Waals surface area contributed by atoms with Crippen molar-refractivity contribution in [3.63, 3.8) is 0 Å². The van der Waals surface area contributed by atoms with Gasteiger partial charge in [-0.3, -0.25) is 0 Å². The van der Waals surface area contributed by atoms with Crippen LogP contribution in [0.1, 0.15) is 63.4 Å². The number of nitrogens with zero attached hydrogens (tertiary/aromatic N) is 3. The minimum Gasteiger partial charge on any atom is -0.368 e. The summed E-state index contributed by atoms with van der Waals surface area (Å²) in [6, 6.07) is 0. The molecule has 3 rings (SSSR count). The predicted molar refractivity (Wildman–Crippen MR) is 82.5 cm³/mol. The second-order valence-corrected chi connectivity index (χ2v) is 5.79. The SMILES string of the molecule is CCCCNC1=NCN(CCC)c2nc(C3CC3)[nH]c21. The van der Waals surface area contributed by atoms with Gasteiger partial charge in [0.15, 0.2) is 11.7 Å². The van der Waals surface area contributed by atoms with Crippen molar-refractivity contribution < 1.29 is 0 Å². The lowest BCUT2D eigenvalue weighted by molar-refractivity contribution is 0.728. The first kappa shape index (κ1) is 13.5. The molecule has 5 nitrogen and oxygen atoms in total. The molecule has 1 aromatic heterocycles. The average molecular weight is 275 g/mol. The molecule has 0 amide bonds. The van der Waals surface area contributed by atoms with E-state index in [4.69, 9.17) is 9.98 Å². The van der Waals surface area contributed by atoms with E-state index in [-0.39, 0.29) is 0 Å². The third kappa shape index (κ3) is 2.67. The van der Waals surface area contributed by atoms with Gasteiger partial charge in [0.05, 0.1) is 0 Å². The van der Waals surface area contributed by atoms with Crippen LogP contribution in [0.5, 0.6) is 0 Å². The first-order valence-electron chi connectivity index (χ1n) is 7.97. The number of imidazole rings is 1. The second kappa shape index (κ2) is 5.85. The van der Waals surface area contributed by atoms with E-state index in [1.165, 1.54) is 25.7 Å². The Morgan fingerprint density at radius 2 is 2.15 bits per heavy atom. The van der Waals surface area contributed by atoms with Gasteiger partial charge in [0.25, 0.3) is 0 Å². The largest absolute Gasteiger partial charge is 0.368 e. The number of rotatable bonds is 6. The third-order valence-corrected chi connectivity index (χ3v) is 3.92. The van der Waals surface area contributed by atoms with Crippen LogP contribution >= 0.6 is 0 Å². The van der Waals surface area contributed by atoms with Crippen molar-refractivity contribution in [2.75, 3.05) is 24.7 Å². The van der Waals surface area contributed by atoms with E-state index in [1.807, 2.05) is 0 Å². The highest BCUT2D eigenvalue weighted by Crippen LogP contribution is 2.40. The minimum atomic E-state index is 0.654. The van der Waals surface area contributed by atoms with Gasteiger partial charge < -0.3 is 15.2 Å². The molecular weight excluding hydrogens is 250 g/mol. The van der Waals surface area contributed by atoms with E-state index in [1.54, 1.807) is 0 Å². The normalized spacial score (nSPS) is 17.9. The minimum absolute atomic E-state index is 0.654. The molecule has 1 aromatic rings. The predicted octanol–water partition coefficient (Wildman–Crippen LogP) is 2.61. The smallest absolute Gasteiger partial charge is 0.159 e. The number of aliphatic imine (C=N–C) groups is 1. The molecule has 0 unspecified atom stereocenters. The Labute approximate surface area is 120 Å². The molecule has 0 radical (unpaired) electrons. The zero-order chi connectivity index (χ0) is 13.9. The van der Waals surface area contributed by atoms with Crippen molar-refractivity contribution >= 4 is 11.7 Å². The number of nitrogens with one attached hydrogen (secondary N) is 2. The van der Waals surface area contributed by atoms with Crippen molar-refractivity contribution in [1.29, 1.82) is 0 Å². The van der Waals surface area contributed by atoms with Crippen LogP contribution in [0.2, 0.25) is 0 Å². The molecular formula is C15H25N5. The number of amidine groups is 1. The summed E-state index contributed by atoms with van der Waals surface area (Å²) in [6.45, 7) is 7.14. The van der Waals surface area contributed by atoms with Crippen LogP contribution in [0, 0.1) is 0 Å². The maximum Gasteiger partial charge on any atom is 0.159 e. The number of hydrogen-bond acceptors (Lipinski definition) is 4. The molecule has 2 N–H and O–H groups in total. The topological polar surface area (TPSA) is 56.3 Å². The van der Waals surface area contributed by atoms with E-state index < -0.39 is 0 Å². The van der Waals surface area contributed by atoms with Gasteiger partial charge >= 0.3 is 0 Å². The molecule has 1 aliphatic carbocycles. The summed E-state index contributed by atoms with van der Waals surface area (Å²) in [5.41, 5.74) is 1.10. The monoisotopic (exact) mass is 275 g/mol. The molecule has 1 fully saturated rings. The second-order valence-electron chi connectivity index (χ2n) is 5.79. The van der Waals surface area contributed by atoms with E-state index in [0.717, 1.165) is 49.4 Å². The van der Waals surface area contributed by atoms with Crippen molar-refractivity contribution in [1.82, 2.24) is 15.3 Å². The van der Waals surface area contributed by atoms with Crippen LogP contribution in [0.3, 0.4) is 0 Å². The van der Waals surface area contributed by atoms with Crippen LogP contribution in [-0.2, 0) is 0 Å². The highest BCUT2D eigenvalue weighted by molar-refractivity contribution is 6.02. The number of hydrogen-bond donors (Lipinski definition) is 2. The van der Waals surface area contributed by atoms with Gasteiger partial charge in [-0.1, -0.05) is 20.3 Å². The molecule has 20 heavy (non-hydrogen) atoms. The standard InChI is InChI=1S/C15H25N5/c1-3-5-8-16-14-12-15(20(9-4-2)10-17-14)19-13(18-12)11-6-7-11/h11H,3-10H2,1-2H3,(H,16,17)(H,18,19). The number of fused-ring (bicyclic) bond motifs is 1. The fourth-order valence-electron chi connectivity index (χ4n) is 2.60. The molecule has 110 valence electrons. The number of H-pyrrole nitrogens is 1. The first-order valence-corrected chi connectivity index (χ1v) is 7.97. The Morgan fingerprint density at radius 1 is 1.30 bits per heavy atom. The average Bonchev–Trinajstić information content (AvgIpc) is 3.20. The summed E-state index contributed by atoms with van der Waals surface area (Å²) in [6.07, 6.45) is 6.05. The van der Waals surface area contributed by atoms with Crippen LogP contribution in [0.4, 0.5) is 5.82 Å². The van der Waals surface area contributed by atoms with Gasteiger partial charge in [-0.2, -0.15) is 0 Å². The van der Waals surface area contributed by atoms with Gasteiger partial charge in [-0.25, -0.2) is 9.98 Å². The molecule has 0 aromatic carbocycles. The van der Waals surface area contributed by atoms with Crippen molar-refractivity contribution in [3.8, 4) is 0 Å². The summed E-state index contributed by atoms with van der Waals surface area (Å²) in [5.74, 6) is 3.91. The van der Waals surface area contributed by atoms with Gasteiger partial charge in [0, 0.05) is 19.0 Å². The Hall–Kier alpha value is -1.52. The molecule has 0 atom stereocenters. The first-order chi connectivity index (χ1) is 9.83. The zero-order valence-electron chi connectivity index (χ0n) is 12.6. The van der Waals surface area contributed by atoms with Gasteiger partial charge in [0.2, 0.25) is 0 Å². The highest BCUT2D eigenvalue weighted by atomic mass is 15.3. The fraction of sp³-hybridized carbons (Fsp3) is 0.733. The lowest BCUT2D eigenvalue weighted by Crippen LogP contribution is -2.36. The van der Waals surface area contributed by atoms with E-state index in [0.29, 0.717) is 5.92 Å². The maximum atomic E-state index is 4.84. The molecule has 1 aliphatic heterocycles. The summed E-state index contributed by atoms with van der Waals surface area (Å²) < 4.78 is 0. The number of aromatic amines is 1. The van der Waals surface area contributed by atoms with Crippen LogP contribution in [-0.4, -0.2) is 35.6 Å². The Kier molecular flexibility index (Phi) is 3.94. The molecule has 0 saturated heterocycles. The highest BCUT2D eigenvalue weighted by Gasteiger charge is 2.31. The van der Waals surface area contributed by atoms with E-state index >= 15 is 0 Å². The molecule has 5 heteroatoms. The Morgan fingerprint density at radius 3 is 2.85 bits per heavy atom. The summed E-state index contributed by atoms with van der Waals surface area (Å²) in [4.78, 5) is 15.3. The maximum absolute atomic E-state index is 4.84. The number of anilines is 1. The molecule has 0 bridgehead atoms. The zero-order valence-corrected chi connectivity index (χ0v) is 12.6. The van der Waals surface area contributed by atoms with Gasteiger partial charge in [-0.05, 0) is 25.7 Å².